The Morgan fingerprint density at radius 1 is 1.20 bits per heavy atom. The normalized spacial score (nSPS) is 19.7. The Hall–Kier alpha value is -4.12. The molecule has 4 aromatic rings. The highest BCUT2D eigenvalue weighted by Crippen LogP contribution is 2.44. The van der Waals surface area contributed by atoms with Gasteiger partial charge in [-0.3, -0.25) is 4.79 Å². The third-order valence-electron chi connectivity index (χ3n) is 6.50. The summed E-state index contributed by atoms with van der Waals surface area (Å²) in [6.07, 6.45) is 8.19. The maximum absolute atomic E-state index is 15.2. The molecule has 35 heavy (non-hydrogen) atoms. The third-order valence-corrected chi connectivity index (χ3v) is 6.80. The zero-order chi connectivity index (χ0) is 24.1. The molecular weight excluding hydrogens is 473 g/mol. The Bertz CT molecular complexity index is 1470. The van der Waals surface area contributed by atoms with Crippen LogP contribution in [0.3, 0.4) is 0 Å². The fraction of sp³-hybridized carbons (Fsp3) is 0.217. The molecule has 5 heterocycles. The Labute approximate surface area is 203 Å². The van der Waals surface area contributed by atoms with Crippen LogP contribution in [0.2, 0.25) is 5.02 Å². The molecule has 10 nitrogen and oxygen atoms in total. The number of nitrogens with zero attached hydrogens (tertiary/aromatic N) is 7. The number of anilines is 1. The number of benzene rings is 1. The molecule has 2 atom stereocenters. The van der Waals surface area contributed by atoms with E-state index in [0.717, 1.165) is 24.1 Å². The number of hydrogen-bond acceptors (Lipinski definition) is 7. The minimum atomic E-state index is -0.603. The van der Waals surface area contributed by atoms with Crippen molar-refractivity contribution in [1.29, 1.82) is 0 Å². The first kappa shape index (κ1) is 21.4. The van der Waals surface area contributed by atoms with Gasteiger partial charge >= 0.3 is 0 Å². The van der Waals surface area contributed by atoms with Crippen molar-refractivity contribution in [2.24, 2.45) is 0 Å². The average molecular weight is 492 g/mol. The molecule has 3 aromatic heterocycles. The lowest BCUT2D eigenvalue weighted by Crippen LogP contribution is -2.39. The molecule has 2 aliphatic heterocycles. The number of pyridine rings is 1. The smallest absolute Gasteiger partial charge is 0.247 e. The molecule has 176 valence electrons. The number of fused-ring (bicyclic) bond motifs is 1. The number of rotatable bonds is 4. The number of hydrogen-bond donors (Lipinski definition) is 2. The van der Waals surface area contributed by atoms with E-state index in [1.807, 2.05) is 11.0 Å². The summed E-state index contributed by atoms with van der Waals surface area (Å²) in [5.74, 6) is 0.310. The van der Waals surface area contributed by atoms with Crippen molar-refractivity contribution in [1.82, 2.24) is 40.1 Å². The number of carbonyl (C=O) groups is 1. The lowest BCUT2D eigenvalue weighted by molar-refractivity contribution is -0.129. The van der Waals surface area contributed by atoms with Gasteiger partial charge in [-0.05, 0) is 59.5 Å². The lowest BCUT2D eigenvalue weighted by atomic mass is 9.92. The minimum Gasteiger partial charge on any atom is -0.384 e. The van der Waals surface area contributed by atoms with E-state index in [9.17, 15) is 4.79 Å². The van der Waals surface area contributed by atoms with E-state index in [1.54, 1.807) is 24.5 Å². The number of H-pyrrole nitrogens is 1. The highest BCUT2D eigenvalue weighted by molar-refractivity contribution is 6.31. The summed E-state index contributed by atoms with van der Waals surface area (Å²) < 4.78 is 16.6. The topological polar surface area (TPSA) is 132 Å². The van der Waals surface area contributed by atoms with E-state index < -0.39 is 5.82 Å². The summed E-state index contributed by atoms with van der Waals surface area (Å²) in [5.41, 5.74) is 8.68. The van der Waals surface area contributed by atoms with Crippen molar-refractivity contribution in [3.05, 3.63) is 71.3 Å². The second-order valence-corrected chi connectivity index (χ2v) is 8.93. The van der Waals surface area contributed by atoms with Crippen LogP contribution in [-0.2, 0) is 4.79 Å². The van der Waals surface area contributed by atoms with Crippen molar-refractivity contribution in [3.8, 4) is 16.9 Å². The maximum atomic E-state index is 15.2. The summed E-state index contributed by atoms with van der Waals surface area (Å²) in [6, 6.07) is 6.39. The summed E-state index contributed by atoms with van der Waals surface area (Å²) in [4.78, 5) is 27.1. The van der Waals surface area contributed by atoms with E-state index in [4.69, 9.17) is 17.3 Å². The molecule has 0 radical (unpaired) electrons. The molecule has 3 N–H and O–H groups in total. The summed E-state index contributed by atoms with van der Waals surface area (Å²) in [5, 5.41) is 11.1. The SMILES string of the molecule is Nc1cc(-c2cnc([C@@H]3CCC4CC(c5c(-n6cnnn6)ccc(Cl)c5F)=CC(=O)N43)[nH]2)ccn1. The zero-order valence-electron chi connectivity index (χ0n) is 18.3. The van der Waals surface area contributed by atoms with Gasteiger partial charge in [0.2, 0.25) is 5.91 Å². The Balaban J connectivity index is 1.33. The van der Waals surface area contributed by atoms with Gasteiger partial charge in [-0.1, -0.05) is 11.6 Å². The van der Waals surface area contributed by atoms with Crippen molar-refractivity contribution >= 4 is 28.9 Å². The molecule has 1 unspecified atom stereocenters. The predicted molar refractivity (Wildman–Crippen MR) is 126 cm³/mol. The summed E-state index contributed by atoms with van der Waals surface area (Å²) in [7, 11) is 0. The quantitative estimate of drug-likeness (QED) is 0.447. The standard InChI is InChI=1S/C23H19ClFN9O/c24-15-2-4-17(33-11-29-31-32-33)21(22(15)25)13-7-14-1-3-18(34(14)20(35)9-13)23-28-10-16(30-23)12-5-6-27-19(26)8-12/h2,4-6,8-11,14,18H,1,3,7H2,(H2,26,27)(H,28,30)/t14?,18-/m0/s1. The van der Waals surface area contributed by atoms with Gasteiger partial charge in [-0.2, -0.15) is 4.68 Å². The van der Waals surface area contributed by atoms with E-state index in [-0.39, 0.29) is 28.6 Å². The molecule has 1 saturated heterocycles. The molecule has 6 rings (SSSR count). The highest BCUT2D eigenvalue weighted by Gasteiger charge is 2.42. The zero-order valence-corrected chi connectivity index (χ0v) is 19.0. The van der Waals surface area contributed by atoms with Gasteiger partial charge in [0, 0.05) is 29.4 Å². The van der Waals surface area contributed by atoms with Gasteiger partial charge in [0.25, 0.3) is 0 Å². The molecular formula is C23H19ClFN9O. The lowest BCUT2D eigenvalue weighted by Gasteiger charge is -2.33. The number of tetrazole rings is 1. The molecule has 0 aliphatic carbocycles. The minimum absolute atomic E-state index is 0.0308. The fourth-order valence-electron chi connectivity index (χ4n) is 4.97. The number of aromatic nitrogens is 7. The third kappa shape index (κ3) is 3.64. The second kappa shape index (κ2) is 8.27. The Morgan fingerprint density at radius 2 is 2.09 bits per heavy atom. The molecule has 2 aliphatic rings. The van der Waals surface area contributed by atoms with E-state index in [2.05, 4.69) is 30.5 Å². The van der Waals surface area contributed by atoms with Crippen LogP contribution >= 0.6 is 11.6 Å². The van der Waals surface area contributed by atoms with Gasteiger partial charge in [-0.15, -0.1) is 5.10 Å². The van der Waals surface area contributed by atoms with Crippen LogP contribution in [0.1, 0.15) is 36.7 Å². The van der Waals surface area contributed by atoms with E-state index in [0.29, 0.717) is 29.3 Å². The van der Waals surface area contributed by atoms with Crippen molar-refractivity contribution in [2.45, 2.75) is 31.3 Å². The summed E-state index contributed by atoms with van der Waals surface area (Å²) in [6.45, 7) is 0. The number of halogens is 2. The van der Waals surface area contributed by atoms with Gasteiger partial charge in [0.05, 0.1) is 28.6 Å². The first-order valence-corrected chi connectivity index (χ1v) is 11.4. The van der Waals surface area contributed by atoms with Gasteiger partial charge in [0.1, 0.15) is 18.0 Å². The molecule has 0 bridgehead atoms. The molecule has 0 spiro atoms. The van der Waals surface area contributed by atoms with Gasteiger partial charge in [-0.25, -0.2) is 14.4 Å². The first-order valence-electron chi connectivity index (χ1n) is 11.0. The number of carbonyl (C=O) groups excluding carboxylic acids is 1. The van der Waals surface area contributed by atoms with Crippen LogP contribution < -0.4 is 5.73 Å². The van der Waals surface area contributed by atoms with Crippen LogP contribution in [-0.4, -0.2) is 52.0 Å². The van der Waals surface area contributed by atoms with Gasteiger partial charge < -0.3 is 15.6 Å². The average Bonchev–Trinajstić information content (AvgIpc) is 3.61. The molecule has 1 amide bonds. The number of aromatic amines is 1. The maximum Gasteiger partial charge on any atom is 0.247 e. The number of nitrogen functional groups attached to an aromatic ring is 1. The molecule has 0 saturated carbocycles. The largest absolute Gasteiger partial charge is 0.384 e. The van der Waals surface area contributed by atoms with Crippen LogP contribution in [0.15, 0.2) is 49.1 Å². The van der Waals surface area contributed by atoms with E-state index in [1.165, 1.54) is 23.2 Å². The number of imidazole rings is 1. The summed E-state index contributed by atoms with van der Waals surface area (Å²) >= 11 is 6.10. The monoisotopic (exact) mass is 491 g/mol. The van der Waals surface area contributed by atoms with Crippen molar-refractivity contribution < 1.29 is 9.18 Å². The van der Waals surface area contributed by atoms with Crippen molar-refractivity contribution in [2.75, 3.05) is 5.73 Å². The fourth-order valence-corrected chi connectivity index (χ4v) is 5.13. The Kier molecular flexibility index (Phi) is 5.06. The second-order valence-electron chi connectivity index (χ2n) is 8.53. The number of nitrogens with one attached hydrogen (secondary N) is 1. The number of nitrogens with two attached hydrogens (primary N) is 1. The molecule has 1 aromatic carbocycles. The molecule has 1 fully saturated rings. The van der Waals surface area contributed by atoms with Crippen LogP contribution in [0.25, 0.3) is 22.5 Å². The van der Waals surface area contributed by atoms with Gasteiger partial charge in [0.15, 0.2) is 5.82 Å². The van der Waals surface area contributed by atoms with Crippen molar-refractivity contribution in [3.63, 3.8) is 0 Å². The van der Waals surface area contributed by atoms with E-state index >= 15 is 4.39 Å². The Morgan fingerprint density at radius 3 is 2.89 bits per heavy atom. The predicted octanol–water partition coefficient (Wildman–Crippen LogP) is 3.34. The highest BCUT2D eigenvalue weighted by atomic mass is 35.5. The number of amides is 1. The van der Waals surface area contributed by atoms with Crippen LogP contribution in [0.4, 0.5) is 10.2 Å². The van der Waals surface area contributed by atoms with Crippen LogP contribution in [0, 0.1) is 5.82 Å². The first-order chi connectivity index (χ1) is 17.0. The van der Waals surface area contributed by atoms with Crippen LogP contribution in [0.5, 0.6) is 0 Å². The molecule has 12 heteroatoms.